The Kier molecular flexibility index (Phi) is 2.65. The van der Waals surface area contributed by atoms with E-state index >= 15 is 0 Å². The molecule has 0 amide bonds. The minimum absolute atomic E-state index is 1.11. The molecule has 1 aromatic rings. The van der Waals surface area contributed by atoms with E-state index in [9.17, 15) is 0 Å². The quantitative estimate of drug-likeness (QED) is 0.720. The maximum Gasteiger partial charge on any atom is 0.0931 e. The predicted molar refractivity (Wildman–Crippen MR) is 56.1 cm³/mol. The van der Waals surface area contributed by atoms with Gasteiger partial charge in [-0.2, -0.15) is 0 Å². The molecular weight excluding hydrogens is 180 g/mol. The second-order valence-electron chi connectivity index (χ2n) is 3.72. The van der Waals surface area contributed by atoms with Crippen LogP contribution in [0.2, 0.25) is 0 Å². The molecule has 0 bridgehead atoms. The Balaban J connectivity index is 2.18. The third kappa shape index (κ3) is 1.92. The fraction of sp³-hybridized carbons (Fsp3) is 0.700. The molecular formula is C10H16N2S. The highest BCUT2D eigenvalue weighted by Crippen LogP contribution is 2.24. The van der Waals surface area contributed by atoms with Crippen LogP contribution >= 0.6 is 11.3 Å². The Morgan fingerprint density at radius 2 is 2.38 bits per heavy atom. The lowest BCUT2D eigenvalue weighted by Gasteiger charge is -2.20. The van der Waals surface area contributed by atoms with Gasteiger partial charge in [-0.15, -0.1) is 11.3 Å². The van der Waals surface area contributed by atoms with Crippen molar-refractivity contribution in [2.24, 2.45) is 0 Å². The van der Waals surface area contributed by atoms with Gasteiger partial charge in [0.15, 0.2) is 0 Å². The van der Waals surface area contributed by atoms with Crippen molar-refractivity contribution in [3.8, 4) is 0 Å². The SMILES string of the molecule is CCCc1nc2c(s1)CN(C)CC2. The highest BCUT2D eigenvalue weighted by molar-refractivity contribution is 7.11. The number of hydrogen-bond donors (Lipinski definition) is 0. The lowest BCUT2D eigenvalue weighted by Crippen LogP contribution is -2.25. The van der Waals surface area contributed by atoms with Crippen LogP contribution in [-0.2, 0) is 19.4 Å². The van der Waals surface area contributed by atoms with Crippen LogP contribution in [0, 0.1) is 0 Å². The summed E-state index contributed by atoms with van der Waals surface area (Å²) in [7, 11) is 2.18. The van der Waals surface area contributed by atoms with Crippen LogP contribution < -0.4 is 0 Å². The lowest BCUT2D eigenvalue weighted by molar-refractivity contribution is 0.314. The number of fused-ring (bicyclic) bond motifs is 1. The number of hydrogen-bond acceptors (Lipinski definition) is 3. The monoisotopic (exact) mass is 196 g/mol. The maximum atomic E-state index is 4.67. The van der Waals surface area contributed by atoms with E-state index in [0.29, 0.717) is 0 Å². The van der Waals surface area contributed by atoms with Gasteiger partial charge >= 0.3 is 0 Å². The first-order chi connectivity index (χ1) is 6.29. The first-order valence-corrected chi connectivity index (χ1v) is 5.77. The van der Waals surface area contributed by atoms with E-state index in [2.05, 4.69) is 23.9 Å². The first kappa shape index (κ1) is 9.16. The summed E-state index contributed by atoms with van der Waals surface area (Å²) in [4.78, 5) is 8.54. The van der Waals surface area contributed by atoms with E-state index < -0.39 is 0 Å². The second-order valence-corrected chi connectivity index (χ2v) is 4.88. The van der Waals surface area contributed by atoms with E-state index in [1.807, 2.05) is 11.3 Å². The summed E-state index contributed by atoms with van der Waals surface area (Å²) in [5.74, 6) is 0. The van der Waals surface area contributed by atoms with Gasteiger partial charge in [-0.05, 0) is 19.9 Å². The molecule has 3 heteroatoms. The first-order valence-electron chi connectivity index (χ1n) is 4.95. The smallest absolute Gasteiger partial charge is 0.0931 e. The van der Waals surface area contributed by atoms with Crippen LogP contribution in [0.25, 0.3) is 0 Å². The molecule has 0 saturated heterocycles. The Morgan fingerprint density at radius 3 is 3.15 bits per heavy atom. The van der Waals surface area contributed by atoms with Crippen molar-refractivity contribution in [1.29, 1.82) is 0 Å². The summed E-state index contributed by atoms with van der Waals surface area (Å²) < 4.78 is 0. The van der Waals surface area contributed by atoms with Crippen LogP contribution in [0.3, 0.4) is 0 Å². The normalized spacial score (nSPS) is 17.4. The minimum Gasteiger partial charge on any atom is -0.301 e. The summed E-state index contributed by atoms with van der Waals surface area (Å²) in [5.41, 5.74) is 1.37. The molecule has 0 aliphatic carbocycles. The van der Waals surface area contributed by atoms with Gasteiger partial charge in [-0.1, -0.05) is 6.92 Å². The van der Waals surface area contributed by atoms with Crippen molar-refractivity contribution in [3.63, 3.8) is 0 Å². The van der Waals surface area contributed by atoms with Crippen molar-refractivity contribution in [2.45, 2.75) is 32.7 Å². The second kappa shape index (κ2) is 3.76. The van der Waals surface area contributed by atoms with E-state index in [1.165, 1.54) is 28.5 Å². The number of thiazole rings is 1. The number of likely N-dealkylation sites (N-methyl/N-ethyl adjacent to an activating group) is 1. The highest BCUT2D eigenvalue weighted by Gasteiger charge is 2.17. The van der Waals surface area contributed by atoms with Gasteiger partial charge < -0.3 is 4.90 Å². The molecule has 1 aromatic heterocycles. The Bertz CT molecular complexity index is 293. The zero-order valence-electron chi connectivity index (χ0n) is 8.34. The van der Waals surface area contributed by atoms with Crippen LogP contribution in [0.4, 0.5) is 0 Å². The van der Waals surface area contributed by atoms with Crippen LogP contribution in [-0.4, -0.2) is 23.5 Å². The standard InChI is InChI=1S/C10H16N2S/c1-3-4-10-11-8-5-6-12(2)7-9(8)13-10/h3-7H2,1-2H3. The fourth-order valence-electron chi connectivity index (χ4n) is 1.70. The molecule has 1 aliphatic rings. The summed E-state index contributed by atoms with van der Waals surface area (Å²) in [6.07, 6.45) is 3.51. The molecule has 0 saturated carbocycles. The van der Waals surface area contributed by atoms with Gasteiger partial charge in [0.25, 0.3) is 0 Å². The van der Waals surface area contributed by atoms with Crippen molar-refractivity contribution in [3.05, 3.63) is 15.6 Å². The summed E-state index contributed by atoms with van der Waals surface area (Å²) >= 11 is 1.91. The van der Waals surface area contributed by atoms with E-state index in [1.54, 1.807) is 0 Å². The average molecular weight is 196 g/mol. The zero-order chi connectivity index (χ0) is 9.26. The van der Waals surface area contributed by atoms with Gasteiger partial charge in [0.1, 0.15) is 0 Å². The topological polar surface area (TPSA) is 16.1 Å². The number of rotatable bonds is 2. The van der Waals surface area contributed by atoms with E-state index in [-0.39, 0.29) is 0 Å². The number of aromatic nitrogens is 1. The third-order valence-electron chi connectivity index (χ3n) is 2.43. The van der Waals surface area contributed by atoms with E-state index in [0.717, 1.165) is 19.4 Å². The molecule has 0 unspecified atom stereocenters. The fourth-order valence-corrected chi connectivity index (χ4v) is 2.99. The van der Waals surface area contributed by atoms with Crippen molar-refractivity contribution in [1.82, 2.24) is 9.88 Å². The van der Waals surface area contributed by atoms with Crippen molar-refractivity contribution >= 4 is 11.3 Å². The molecule has 0 N–H and O–H groups in total. The van der Waals surface area contributed by atoms with Gasteiger partial charge in [0, 0.05) is 24.4 Å². The molecule has 0 aromatic carbocycles. The minimum atomic E-state index is 1.11. The lowest BCUT2D eigenvalue weighted by atomic mass is 10.2. The van der Waals surface area contributed by atoms with Gasteiger partial charge in [-0.3, -0.25) is 0 Å². The highest BCUT2D eigenvalue weighted by atomic mass is 32.1. The van der Waals surface area contributed by atoms with Crippen molar-refractivity contribution < 1.29 is 0 Å². The zero-order valence-corrected chi connectivity index (χ0v) is 9.15. The largest absolute Gasteiger partial charge is 0.301 e. The summed E-state index contributed by atoms with van der Waals surface area (Å²) in [6.45, 7) is 4.49. The van der Waals surface area contributed by atoms with Gasteiger partial charge in [-0.25, -0.2) is 4.98 Å². The molecule has 0 fully saturated rings. The van der Waals surface area contributed by atoms with Crippen LogP contribution in [0.15, 0.2) is 0 Å². The molecule has 1 aliphatic heterocycles. The number of aryl methyl sites for hydroxylation is 1. The summed E-state index contributed by atoms with van der Waals surface area (Å²) in [5, 5.41) is 1.34. The Hall–Kier alpha value is -0.410. The molecule has 2 rings (SSSR count). The van der Waals surface area contributed by atoms with Crippen molar-refractivity contribution in [2.75, 3.05) is 13.6 Å². The van der Waals surface area contributed by atoms with Gasteiger partial charge in [0.05, 0.1) is 10.7 Å². The third-order valence-corrected chi connectivity index (χ3v) is 3.57. The maximum absolute atomic E-state index is 4.67. The number of nitrogens with zero attached hydrogens (tertiary/aromatic N) is 2. The molecule has 0 spiro atoms. The molecule has 0 radical (unpaired) electrons. The predicted octanol–water partition coefficient (Wildman–Crippen LogP) is 2.08. The Labute approximate surface area is 83.6 Å². The van der Waals surface area contributed by atoms with E-state index in [4.69, 9.17) is 0 Å². The Morgan fingerprint density at radius 1 is 1.54 bits per heavy atom. The molecule has 2 heterocycles. The van der Waals surface area contributed by atoms with Crippen LogP contribution in [0.1, 0.15) is 28.9 Å². The molecule has 72 valence electrons. The molecule has 2 nitrogen and oxygen atoms in total. The molecule has 13 heavy (non-hydrogen) atoms. The average Bonchev–Trinajstić information content (AvgIpc) is 2.46. The summed E-state index contributed by atoms with van der Waals surface area (Å²) in [6, 6.07) is 0. The van der Waals surface area contributed by atoms with Gasteiger partial charge in [0.2, 0.25) is 0 Å². The molecule has 0 atom stereocenters. The van der Waals surface area contributed by atoms with Crippen LogP contribution in [0.5, 0.6) is 0 Å².